The summed E-state index contributed by atoms with van der Waals surface area (Å²) in [4.78, 5) is 0. The van der Waals surface area contributed by atoms with E-state index in [2.05, 4.69) is 0 Å². The molecule has 0 heterocycles. The lowest BCUT2D eigenvalue weighted by molar-refractivity contribution is 0.422. The van der Waals surface area contributed by atoms with E-state index in [1.54, 1.807) is 0 Å². The van der Waals surface area contributed by atoms with Gasteiger partial charge in [0.25, 0.3) is 0 Å². The number of hydrogen-bond donors (Lipinski definition) is 2. The number of aromatic hydroxyl groups is 1. The van der Waals surface area contributed by atoms with Crippen molar-refractivity contribution >= 4 is 0 Å². The van der Waals surface area contributed by atoms with Crippen molar-refractivity contribution in [3.8, 4) is 5.75 Å². The van der Waals surface area contributed by atoms with Gasteiger partial charge in [0.2, 0.25) is 0 Å². The van der Waals surface area contributed by atoms with Gasteiger partial charge in [0, 0.05) is 17.5 Å². The van der Waals surface area contributed by atoms with Gasteiger partial charge in [-0.05, 0) is 18.5 Å². The Bertz CT molecular complexity index is 353. The van der Waals surface area contributed by atoms with Crippen LogP contribution in [0.5, 0.6) is 5.75 Å². The van der Waals surface area contributed by atoms with Gasteiger partial charge in [-0.25, -0.2) is 8.78 Å². The second-order valence-corrected chi connectivity index (χ2v) is 3.91. The molecular formula is C11H15F2NO. The fourth-order valence-corrected chi connectivity index (χ4v) is 1.61. The maximum absolute atomic E-state index is 13.0. The van der Waals surface area contributed by atoms with Crippen LogP contribution < -0.4 is 5.73 Å². The minimum atomic E-state index is -1.05. The summed E-state index contributed by atoms with van der Waals surface area (Å²) >= 11 is 0. The van der Waals surface area contributed by atoms with Gasteiger partial charge < -0.3 is 10.8 Å². The zero-order valence-electron chi connectivity index (χ0n) is 8.80. The molecule has 0 radical (unpaired) electrons. The van der Waals surface area contributed by atoms with Gasteiger partial charge in [-0.3, -0.25) is 0 Å². The van der Waals surface area contributed by atoms with E-state index >= 15 is 0 Å². The number of phenols is 1. The number of benzene rings is 1. The number of halogens is 2. The normalized spacial score (nSPS) is 13.2. The third-order valence-electron chi connectivity index (χ3n) is 2.53. The van der Waals surface area contributed by atoms with Gasteiger partial charge in [-0.1, -0.05) is 13.8 Å². The minimum absolute atomic E-state index is 0.158. The van der Waals surface area contributed by atoms with Crippen LogP contribution in [0.15, 0.2) is 12.1 Å². The molecule has 0 aromatic heterocycles. The van der Waals surface area contributed by atoms with Gasteiger partial charge in [-0.15, -0.1) is 0 Å². The predicted octanol–water partition coefficient (Wildman–Crippen LogP) is 2.37. The summed E-state index contributed by atoms with van der Waals surface area (Å²) in [7, 11) is 0. The summed E-state index contributed by atoms with van der Waals surface area (Å²) in [5, 5.41) is 9.50. The fourth-order valence-electron chi connectivity index (χ4n) is 1.61. The Labute approximate surface area is 87.7 Å². The Kier molecular flexibility index (Phi) is 3.63. The summed E-state index contributed by atoms with van der Waals surface area (Å²) < 4.78 is 25.8. The summed E-state index contributed by atoms with van der Waals surface area (Å²) in [6.07, 6.45) is 0. The molecule has 1 unspecified atom stereocenters. The highest BCUT2D eigenvalue weighted by Crippen LogP contribution is 2.32. The van der Waals surface area contributed by atoms with E-state index in [-0.39, 0.29) is 24.1 Å². The van der Waals surface area contributed by atoms with Crippen molar-refractivity contribution in [1.29, 1.82) is 0 Å². The Morgan fingerprint density at radius 2 is 1.80 bits per heavy atom. The van der Waals surface area contributed by atoms with Crippen LogP contribution in [0.3, 0.4) is 0 Å². The smallest absolute Gasteiger partial charge is 0.162 e. The predicted molar refractivity (Wildman–Crippen MR) is 54.7 cm³/mol. The molecule has 0 saturated carbocycles. The van der Waals surface area contributed by atoms with Crippen LogP contribution in [0.2, 0.25) is 0 Å². The summed E-state index contributed by atoms with van der Waals surface area (Å²) in [5.41, 5.74) is 5.90. The number of rotatable bonds is 3. The van der Waals surface area contributed by atoms with Crippen molar-refractivity contribution in [2.24, 2.45) is 11.7 Å². The van der Waals surface area contributed by atoms with Gasteiger partial charge in [0.15, 0.2) is 11.6 Å². The van der Waals surface area contributed by atoms with Crippen LogP contribution >= 0.6 is 0 Å². The Morgan fingerprint density at radius 3 is 2.27 bits per heavy atom. The Morgan fingerprint density at radius 1 is 1.27 bits per heavy atom. The zero-order valence-corrected chi connectivity index (χ0v) is 8.80. The summed E-state index contributed by atoms with van der Waals surface area (Å²) in [6, 6.07) is 1.80. The molecule has 15 heavy (non-hydrogen) atoms. The molecule has 1 aromatic rings. The molecule has 0 aliphatic carbocycles. The van der Waals surface area contributed by atoms with Crippen LogP contribution in [0.25, 0.3) is 0 Å². The second kappa shape index (κ2) is 4.57. The summed E-state index contributed by atoms with van der Waals surface area (Å²) in [5.74, 6) is -2.25. The molecule has 84 valence electrons. The second-order valence-electron chi connectivity index (χ2n) is 3.91. The lowest BCUT2D eigenvalue weighted by atomic mass is 9.88. The van der Waals surface area contributed by atoms with E-state index in [4.69, 9.17) is 5.73 Å². The van der Waals surface area contributed by atoms with Crippen LogP contribution in [-0.4, -0.2) is 11.7 Å². The van der Waals surface area contributed by atoms with E-state index in [9.17, 15) is 13.9 Å². The lowest BCUT2D eigenvalue weighted by Gasteiger charge is -2.20. The highest BCUT2D eigenvalue weighted by Gasteiger charge is 2.20. The molecule has 0 amide bonds. The fraction of sp³-hybridized carbons (Fsp3) is 0.455. The third kappa shape index (κ3) is 2.45. The van der Waals surface area contributed by atoms with E-state index in [0.717, 1.165) is 12.1 Å². The lowest BCUT2D eigenvalue weighted by Crippen LogP contribution is -2.18. The van der Waals surface area contributed by atoms with Gasteiger partial charge >= 0.3 is 0 Å². The van der Waals surface area contributed by atoms with Crippen molar-refractivity contribution in [3.63, 3.8) is 0 Å². The van der Waals surface area contributed by atoms with Crippen molar-refractivity contribution in [2.45, 2.75) is 19.8 Å². The summed E-state index contributed by atoms with van der Waals surface area (Å²) in [6.45, 7) is 4.12. The van der Waals surface area contributed by atoms with E-state index < -0.39 is 11.6 Å². The Hall–Kier alpha value is -1.16. The molecule has 2 nitrogen and oxygen atoms in total. The van der Waals surface area contributed by atoms with Crippen molar-refractivity contribution in [3.05, 3.63) is 29.3 Å². The largest absolute Gasteiger partial charge is 0.508 e. The molecule has 0 aliphatic rings. The van der Waals surface area contributed by atoms with E-state index in [1.165, 1.54) is 0 Å². The molecule has 0 fully saturated rings. The van der Waals surface area contributed by atoms with Crippen molar-refractivity contribution in [1.82, 2.24) is 0 Å². The van der Waals surface area contributed by atoms with Crippen molar-refractivity contribution in [2.75, 3.05) is 6.54 Å². The first-order valence-electron chi connectivity index (χ1n) is 4.85. The molecule has 0 aliphatic heterocycles. The molecule has 4 heteroatoms. The van der Waals surface area contributed by atoms with E-state index in [1.807, 2.05) is 13.8 Å². The monoisotopic (exact) mass is 215 g/mol. The molecule has 1 aromatic carbocycles. The molecule has 1 atom stereocenters. The van der Waals surface area contributed by atoms with Crippen LogP contribution in [0, 0.1) is 17.6 Å². The first-order chi connectivity index (χ1) is 6.97. The average molecular weight is 215 g/mol. The SMILES string of the molecule is CC(C)C(CN)c1cc(F)c(F)cc1O. The third-order valence-corrected chi connectivity index (χ3v) is 2.53. The molecular weight excluding hydrogens is 200 g/mol. The standard InChI is InChI=1S/C11H15F2NO/c1-6(2)8(5-14)7-3-9(12)10(13)4-11(7)15/h3-4,6,8,15H,5,14H2,1-2H3. The van der Waals surface area contributed by atoms with Crippen LogP contribution in [-0.2, 0) is 0 Å². The maximum Gasteiger partial charge on any atom is 0.162 e. The zero-order chi connectivity index (χ0) is 11.6. The Balaban J connectivity index is 3.18. The quantitative estimate of drug-likeness (QED) is 0.813. The molecule has 0 saturated heterocycles. The molecule has 1 rings (SSSR count). The number of hydrogen-bond acceptors (Lipinski definition) is 2. The molecule has 0 spiro atoms. The number of phenolic OH excluding ortho intramolecular Hbond substituents is 1. The maximum atomic E-state index is 13.0. The highest BCUT2D eigenvalue weighted by molar-refractivity contribution is 5.36. The molecule has 0 bridgehead atoms. The topological polar surface area (TPSA) is 46.2 Å². The van der Waals surface area contributed by atoms with Crippen LogP contribution in [0.1, 0.15) is 25.3 Å². The van der Waals surface area contributed by atoms with Crippen molar-refractivity contribution < 1.29 is 13.9 Å². The minimum Gasteiger partial charge on any atom is -0.508 e. The first-order valence-corrected chi connectivity index (χ1v) is 4.85. The first kappa shape index (κ1) is 11.9. The van der Waals surface area contributed by atoms with Gasteiger partial charge in [0.05, 0.1) is 0 Å². The van der Waals surface area contributed by atoms with Crippen LogP contribution in [0.4, 0.5) is 8.78 Å². The van der Waals surface area contributed by atoms with E-state index in [0.29, 0.717) is 5.56 Å². The number of nitrogens with two attached hydrogens (primary N) is 1. The van der Waals surface area contributed by atoms with Gasteiger partial charge in [-0.2, -0.15) is 0 Å². The highest BCUT2D eigenvalue weighted by atomic mass is 19.2. The van der Waals surface area contributed by atoms with Gasteiger partial charge in [0.1, 0.15) is 5.75 Å². The molecule has 3 N–H and O–H groups in total. The average Bonchev–Trinajstić information content (AvgIpc) is 2.14.